The largest absolute Gasteiger partial charge is 0.334 e. The van der Waals surface area contributed by atoms with Gasteiger partial charge in [0.25, 0.3) is 5.89 Å². The number of sulfone groups is 1. The fourth-order valence-corrected chi connectivity index (χ4v) is 5.33. The van der Waals surface area contributed by atoms with Crippen LogP contribution in [0, 0.1) is 6.92 Å². The molecule has 1 aliphatic carbocycles. The number of aryl methyl sites for hydroxylation is 1. The van der Waals surface area contributed by atoms with Crippen molar-refractivity contribution in [2.45, 2.75) is 38.5 Å². The lowest BCUT2D eigenvalue weighted by Crippen LogP contribution is -2.05. The van der Waals surface area contributed by atoms with Crippen molar-refractivity contribution in [3.63, 3.8) is 0 Å². The third-order valence-electron chi connectivity index (χ3n) is 4.79. The molecule has 1 fully saturated rings. The minimum absolute atomic E-state index is 0.124. The zero-order chi connectivity index (χ0) is 15.3. The molecule has 6 heteroatoms. The summed E-state index contributed by atoms with van der Waals surface area (Å²) in [6, 6.07) is 4.14. The number of fused-ring (bicyclic) bond motifs is 1. The Labute approximate surface area is 129 Å². The van der Waals surface area contributed by atoms with Crippen molar-refractivity contribution in [3.05, 3.63) is 34.6 Å². The van der Waals surface area contributed by atoms with Gasteiger partial charge in [-0.15, -0.1) is 0 Å². The summed E-state index contributed by atoms with van der Waals surface area (Å²) in [4.78, 5) is 4.49. The lowest BCUT2D eigenvalue weighted by Gasteiger charge is -2.07. The molecule has 1 aromatic carbocycles. The quantitative estimate of drug-likeness (QED) is 0.850. The van der Waals surface area contributed by atoms with E-state index in [4.69, 9.17) is 4.52 Å². The molecule has 0 amide bonds. The highest BCUT2D eigenvalue weighted by Gasteiger charge is 2.32. The SMILES string of the molecule is Cc1ccc(-c2nc(C3CCS(=O)(=O)C3)no2)c2c1CCC2. The van der Waals surface area contributed by atoms with Gasteiger partial charge in [0.1, 0.15) is 0 Å². The van der Waals surface area contributed by atoms with Gasteiger partial charge in [-0.2, -0.15) is 4.98 Å². The third-order valence-corrected chi connectivity index (χ3v) is 6.56. The summed E-state index contributed by atoms with van der Waals surface area (Å²) in [5.41, 5.74) is 5.05. The summed E-state index contributed by atoms with van der Waals surface area (Å²) in [5.74, 6) is 1.29. The molecule has 2 aliphatic rings. The van der Waals surface area contributed by atoms with E-state index < -0.39 is 9.84 Å². The van der Waals surface area contributed by atoms with Crippen LogP contribution in [0.1, 0.15) is 41.3 Å². The Bertz CT molecular complexity index is 839. The van der Waals surface area contributed by atoms with E-state index in [2.05, 4.69) is 23.1 Å². The van der Waals surface area contributed by atoms with Crippen LogP contribution in [0.15, 0.2) is 16.7 Å². The van der Waals surface area contributed by atoms with Crippen LogP contribution in [0.25, 0.3) is 11.5 Å². The Morgan fingerprint density at radius 1 is 1.23 bits per heavy atom. The number of nitrogens with zero attached hydrogens (tertiary/aromatic N) is 2. The van der Waals surface area contributed by atoms with Crippen molar-refractivity contribution < 1.29 is 12.9 Å². The Hall–Kier alpha value is -1.69. The monoisotopic (exact) mass is 318 g/mol. The molecule has 1 aromatic heterocycles. The van der Waals surface area contributed by atoms with Gasteiger partial charge in [-0.05, 0) is 55.4 Å². The molecule has 116 valence electrons. The van der Waals surface area contributed by atoms with Gasteiger partial charge in [0.2, 0.25) is 0 Å². The van der Waals surface area contributed by atoms with Gasteiger partial charge in [0.15, 0.2) is 15.7 Å². The van der Waals surface area contributed by atoms with E-state index in [1.54, 1.807) is 0 Å². The Morgan fingerprint density at radius 2 is 2.05 bits per heavy atom. The summed E-state index contributed by atoms with van der Waals surface area (Å²) in [6.45, 7) is 2.14. The number of rotatable bonds is 2. The standard InChI is InChI=1S/C16H18N2O3S/c1-10-5-6-14(13-4-2-3-12(10)13)16-17-15(18-21-16)11-7-8-22(19,20)9-11/h5-6,11H,2-4,7-9H2,1H3. The maximum Gasteiger partial charge on any atom is 0.258 e. The fourth-order valence-electron chi connectivity index (χ4n) is 3.59. The molecule has 1 aliphatic heterocycles. The maximum absolute atomic E-state index is 11.6. The van der Waals surface area contributed by atoms with Crippen molar-refractivity contribution in [3.8, 4) is 11.5 Å². The molecule has 1 unspecified atom stereocenters. The van der Waals surface area contributed by atoms with Crippen molar-refractivity contribution in [1.29, 1.82) is 0 Å². The van der Waals surface area contributed by atoms with E-state index >= 15 is 0 Å². The number of hydrogen-bond acceptors (Lipinski definition) is 5. The van der Waals surface area contributed by atoms with Crippen LogP contribution in [0.3, 0.4) is 0 Å². The summed E-state index contributed by atoms with van der Waals surface area (Å²) in [5, 5.41) is 4.04. The first-order valence-electron chi connectivity index (χ1n) is 7.69. The van der Waals surface area contributed by atoms with E-state index in [0.29, 0.717) is 18.1 Å². The minimum atomic E-state index is -2.94. The molecule has 4 rings (SSSR count). The maximum atomic E-state index is 11.6. The number of benzene rings is 1. The Kier molecular flexibility index (Phi) is 3.11. The Morgan fingerprint density at radius 3 is 2.82 bits per heavy atom. The Balaban J connectivity index is 1.70. The predicted molar refractivity (Wildman–Crippen MR) is 82.5 cm³/mol. The highest BCUT2D eigenvalue weighted by molar-refractivity contribution is 7.91. The van der Waals surface area contributed by atoms with E-state index in [1.165, 1.54) is 16.7 Å². The third kappa shape index (κ3) is 2.26. The van der Waals surface area contributed by atoms with E-state index in [0.717, 1.165) is 24.8 Å². The molecule has 0 saturated carbocycles. The molecule has 1 atom stereocenters. The van der Waals surface area contributed by atoms with E-state index in [9.17, 15) is 8.42 Å². The summed E-state index contributed by atoms with van der Waals surface area (Å²) in [7, 11) is -2.94. The number of aromatic nitrogens is 2. The number of hydrogen-bond donors (Lipinski definition) is 0. The van der Waals surface area contributed by atoms with Crippen LogP contribution in [0.2, 0.25) is 0 Å². The van der Waals surface area contributed by atoms with Crippen molar-refractivity contribution >= 4 is 9.84 Å². The normalized spacial score (nSPS) is 22.9. The topological polar surface area (TPSA) is 73.1 Å². The molecule has 2 aromatic rings. The lowest BCUT2D eigenvalue weighted by atomic mass is 9.99. The average molecular weight is 318 g/mol. The molecular weight excluding hydrogens is 300 g/mol. The lowest BCUT2D eigenvalue weighted by molar-refractivity contribution is 0.417. The van der Waals surface area contributed by atoms with Crippen LogP contribution in [0.5, 0.6) is 0 Å². The van der Waals surface area contributed by atoms with Gasteiger partial charge >= 0.3 is 0 Å². The van der Waals surface area contributed by atoms with Crippen molar-refractivity contribution in [2.24, 2.45) is 0 Å². The minimum Gasteiger partial charge on any atom is -0.334 e. The molecule has 1 saturated heterocycles. The zero-order valence-electron chi connectivity index (χ0n) is 12.5. The van der Waals surface area contributed by atoms with Gasteiger partial charge in [-0.3, -0.25) is 0 Å². The van der Waals surface area contributed by atoms with Crippen molar-refractivity contribution in [1.82, 2.24) is 10.1 Å². The zero-order valence-corrected chi connectivity index (χ0v) is 13.3. The molecule has 5 nitrogen and oxygen atoms in total. The van der Waals surface area contributed by atoms with E-state index in [1.807, 2.05) is 6.07 Å². The molecule has 0 spiro atoms. The van der Waals surface area contributed by atoms with Gasteiger partial charge in [-0.1, -0.05) is 11.2 Å². The predicted octanol–water partition coefficient (Wildman–Crippen LogP) is 2.44. The first kappa shape index (κ1) is 13.9. The summed E-state index contributed by atoms with van der Waals surface area (Å²) < 4.78 is 28.6. The van der Waals surface area contributed by atoms with E-state index in [-0.39, 0.29) is 17.4 Å². The smallest absolute Gasteiger partial charge is 0.258 e. The second kappa shape index (κ2) is 4.91. The highest BCUT2D eigenvalue weighted by atomic mass is 32.2. The van der Waals surface area contributed by atoms with Gasteiger partial charge in [0.05, 0.1) is 11.5 Å². The second-order valence-electron chi connectivity index (χ2n) is 6.30. The van der Waals surface area contributed by atoms with Crippen LogP contribution in [-0.2, 0) is 22.7 Å². The van der Waals surface area contributed by atoms with Gasteiger partial charge in [-0.25, -0.2) is 8.42 Å². The van der Waals surface area contributed by atoms with Gasteiger partial charge < -0.3 is 4.52 Å². The molecule has 0 bridgehead atoms. The van der Waals surface area contributed by atoms with Gasteiger partial charge in [0, 0.05) is 11.5 Å². The van der Waals surface area contributed by atoms with Crippen LogP contribution >= 0.6 is 0 Å². The average Bonchev–Trinajstić information content (AvgIpc) is 3.17. The molecule has 22 heavy (non-hydrogen) atoms. The molecule has 0 radical (unpaired) electrons. The van der Waals surface area contributed by atoms with Crippen molar-refractivity contribution in [2.75, 3.05) is 11.5 Å². The first-order valence-corrected chi connectivity index (χ1v) is 9.51. The summed E-state index contributed by atoms with van der Waals surface area (Å²) >= 11 is 0. The van der Waals surface area contributed by atoms with Crippen LogP contribution < -0.4 is 0 Å². The first-order chi connectivity index (χ1) is 10.5. The molecule has 0 N–H and O–H groups in total. The van der Waals surface area contributed by atoms with Crippen LogP contribution in [-0.4, -0.2) is 30.1 Å². The fraction of sp³-hybridized carbons (Fsp3) is 0.500. The molecular formula is C16H18N2O3S. The highest BCUT2D eigenvalue weighted by Crippen LogP contribution is 2.35. The summed E-state index contributed by atoms with van der Waals surface area (Å²) in [6.07, 6.45) is 3.90. The molecule has 2 heterocycles. The second-order valence-corrected chi connectivity index (χ2v) is 8.53. The van der Waals surface area contributed by atoms with Crippen LogP contribution in [0.4, 0.5) is 0 Å².